The first kappa shape index (κ1) is 46.8. The third-order valence-electron chi connectivity index (χ3n) is 12.7. The summed E-state index contributed by atoms with van der Waals surface area (Å²) in [7, 11) is -3.94. The van der Waals surface area contributed by atoms with Crippen molar-refractivity contribution in [1.29, 1.82) is 0 Å². The first-order valence-electron chi connectivity index (χ1n) is 22.9. The second-order valence-corrected chi connectivity index (χ2v) is 20.5. The molecule has 1 unspecified atom stereocenters. The molecule has 10 rings (SSSR count). The van der Waals surface area contributed by atoms with Crippen LogP contribution in [-0.2, 0) is 34.5 Å². The molecule has 2 fully saturated rings. The summed E-state index contributed by atoms with van der Waals surface area (Å²) in [6, 6.07) is 41.9. The molecule has 2 saturated heterocycles. The number of hydrogen-bond donors (Lipinski definition) is 2. The molecule has 0 spiro atoms. The number of sulfonamides is 1. The Morgan fingerprint density at radius 1 is 0.629 bits per heavy atom. The number of amides is 2. The predicted octanol–water partition coefficient (Wildman–Crippen LogP) is 8.35. The van der Waals surface area contributed by atoms with Crippen molar-refractivity contribution in [2.24, 2.45) is 0 Å². The lowest BCUT2D eigenvalue weighted by Crippen LogP contribution is -2.48. The largest absolute Gasteiger partial charge is 0.588 e. The number of para-hydroxylation sites is 2. The predicted molar refractivity (Wildman–Crippen MR) is 274 cm³/mol. The minimum Gasteiger partial charge on any atom is -0.588 e. The molecule has 2 N–H and O–H groups in total. The van der Waals surface area contributed by atoms with Gasteiger partial charge < -0.3 is 14.4 Å². The zero-order chi connectivity index (χ0) is 48.2. The smallest absolute Gasteiger partial charge is 0.264 e. The van der Waals surface area contributed by atoms with Crippen LogP contribution in [0, 0.1) is 0 Å². The topological polar surface area (TPSA) is 167 Å². The average molecular weight is 991 g/mol. The second-order valence-electron chi connectivity index (χ2n) is 17.3. The summed E-state index contributed by atoms with van der Waals surface area (Å²) in [4.78, 5) is 49.5. The van der Waals surface area contributed by atoms with E-state index in [9.17, 15) is 22.6 Å². The lowest BCUT2D eigenvalue weighted by atomic mass is 10.0. The van der Waals surface area contributed by atoms with Crippen molar-refractivity contribution in [3.8, 4) is 11.3 Å². The summed E-state index contributed by atoms with van der Waals surface area (Å²) in [5, 5.41) is 2.02. The summed E-state index contributed by atoms with van der Waals surface area (Å²) < 4.78 is 46.2. The molecule has 17 heteroatoms. The fraction of sp³-hybridized carbons (Fsp3) is 0.189. The van der Waals surface area contributed by atoms with Gasteiger partial charge in [-0.25, -0.2) is 13.1 Å². The van der Waals surface area contributed by atoms with Crippen molar-refractivity contribution in [3.05, 3.63) is 185 Å². The lowest BCUT2D eigenvalue weighted by Gasteiger charge is -2.35. The molecule has 8 aromatic rings. The number of nitrogens with one attached hydrogen (secondary N) is 2. The maximum Gasteiger partial charge on any atom is 0.264 e. The Hall–Kier alpha value is -6.92. The Morgan fingerprint density at radius 3 is 1.93 bits per heavy atom. The first-order chi connectivity index (χ1) is 34.1. The zero-order valence-corrected chi connectivity index (χ0v) is 40.3. The molecular formula is C53H48ClN9O5S2. The van der Waals surface area contributed by atoms with Crippen LogP contribution in [0.2, 0.25) is 5.02 Å². The monoisotopic (exact) mass is 989 g/mol. The molecule has 2 aliphatic heterocycles. The highest BCUT2D eigenvalue weighted by atomic mass is 35.5. The number of hydrogen-bond acceptors (Lipinski definition) is 11. The Morgan fingerprint density at radius 2 is 1.24 bits per heavy atom. The number of carbonyl (C=O) groups is 2. The van der Waals surface area contributed by atoms with Crippen LogP contribution in [0.3, 0.4) is 0 Å². The Balaban J connectivity index is 0.745. The van der Waals surface area contributed by atoms with E-state index in [1.54, 1.807) is 90.2 Å². The van der Waals surface area contributed by atoms with Crippen LogP contribution in [0.4, 0.5) is 11.4 Å². The number of anilines is 2. The number of halogens is 1. The van der Waals surface area contributed by atoms with E-state index in [-0.39, 0.29) is 16.7 Å². The van der Waals surface area contributed by atoms with Gasteiger partial charge in [-0.1, -0.05) is 72.3 Å². The van der Waals surface area contributed by atoms with Gasteiger partial charge in [0, 0.05) is 117 Å². The van der Waals surface area contributed by atoms with Gasteiger partial charge in [0.25, 0.3) is 21.8 Å². The molecule has 0 radical (unpaired) electrons. The van der Waals surface area contributed by atoms with Crippen LogP contribution in [0.5, 0.6) is 0 Å². The molecule has 0 saturated carbocycles. The normalized spacial score (nSPS) is 15.2. The van der Waals surface area contributed by atoms with Gasteiger partial charge in [0.2, 0.25) is 4.90 Å². The first-order valence-corrected chi connectivity index (χ1v) is 25.9. The van der Waals surface area contributed by atoms with E-state index in [1.807, 2.05) is 59.5 Å². The van der Waals surface area contributed by atoms with Crippen molar-refractivity contribution in [1.82, 2.24) is 34.6 Å². The third-order valence-corrected chi connectivity index (χ3v) is 15.6. The van der Waals surface area contributed by atoms with E-state index in [2.05, 4.69) is 41.3 Å². The van der Waals surface area contributed by atoms with Crippen molar-refractivity contribution in [2.45, 2.75) is 22.9 Å². The van der Waals surface area contributed by atoms with Crippen LogP contribution in [0.25, 0.3) is 33.1 Å². The van der Waals surface area contributed by atoms with Crippen LogP contribution in [0.1, 0.15) is 31.8 Å². The average Bonchev–Trinajstić information content (AvgIpc) is 3.39. The van der Waals surface area contributed by atoms with Gasteiger partial charge in [-0.15, -0.1) is 0 Å². The molecular weight excluding hydrogens is 942 g/mol. The Bertz CT molecular complexity index is 3290. The van der Waals surface area contributed by atoms with E-state index in [4.69, 9.17) is 16.6 Å². The summed E-state index contributed by atoms with van der Waals surface area (Å²) in [6.45, 7) is 6.55. The van der Waals surface area contributed by atoms with Gasteiger partial charge in [0.05, 0.1) is 21.9 Å². The summed E-state index contributed by atoms with van der Waals surface area (Å²) in [5.74, 6) is -0.156. The molecule has 354 valence electrons. The third kappa shape index (κ3) is 10.3. The molecule has 14 nitrogen and oxygen atoms in total. The van der Waals surface area contributed by atoms with E-state index in [1.165, 1.54) is 11.6 Å². The Kier molecular flexibility index (Phi) is 13.8. The van der Waals surface area contributed by atoms with Gasteiger partial charge in [0.1, 0.15) is 21.8 Å². The Labute approximate surface area is 414 Å². The molecule has 5 heterocycles. The standard InChI is InChI=1S/C53H48ClN9O5S2/c54-46-34-57-47(33-41(46)36-61-27-31-63(32-28-61)53(65)40-16-20-43(21-17-40)59-70(67,68)49-13-4-9-38-10-6-23-55-50(38)49)44-22-24-56-51-45(44)11-5-12-48(51)69(66)58-42-18-14-39(15-19-42)52(64)62-29-25-60(26-30-62)35-37-7-2-1-3-8-37/h1-24,33-34,58-59H,25-32,35-36H2. The van der Waals surface area contributed by atoms with Crippen molar-refractivity contribution in [3.63, 3.8) is 0 Å². The van der Waals surface area contributed by atoms with Gasteiger partial charge in [0.15, 0.2) is 0 Å². The second kappa shape index (κ2) is 20.6. The van der Waals surface area contributed by atoms with Gasteiger partial charge in [-0.2, -0.15) is 0 Å². The van der Waals surface area contributed by atoms with Crippen LogP contribution < -0.4 is 9.44 Å². The summed E-state index contributed by atoms with van der Waals surface area (Å²) in [6.07, 6.45) is 4.89. The number of rotatable bonds is 13. The number of carbonyl (C=O) groups excluding carboxylic acids is 2. The molecule has 5 aromatic carbocycles. The minimum atomic E-state index is -3.94. The molecule has 0 aliphatic carbocycles. The molecule has 2 aliphatic rings. The van der Waals surface area contributed by atoms with E-state index < -0.39 is 21.4 Å². The number of fused-ring (bicyclic) bond motifs is 2. The van der Waals surface area contributed by atoms with E-state index >= 15 is 0 Å². The molecule has 2 amide bonds. The van der Waals surface area contributed by atoms with Crippen LogP contribution >= 0.6 is 11.6 Å². The molecule has 0 bridgehead atoms. The lowest BCUT2D eigenvalue weighted by molar-refractivity contribution is 0.0622. The number of aromatic nitrogens is 3. The quantitative estimate of drug-likeness (QED) is 0.107. The van der Waals surface area contributed by atoms with Gasteiger partial charge in [-0.3, -0.25) is 39.1 Å². The molecule has 1 atom stereocenters. The van der Waals surface area contributed by atoms with Crippen molar-refractivity contribution >= 4 is 78.0 Å². The summed E-state index contributed by atoms with van der Waals surface area (Å²) >= 11 is 5.07. The molecule has 70 heavy (non-hydrogen) atoms. The molecule has 3 aromatic heterocycles. The summed E-state index contributed by atoms with van der Waals surface area (Å²) in [5.41, 5.74) is 6.57. The van der Waals surface area contributed by atoms with Crippen molar-refractivity contribution < 1.29 is 22.6 Å². The minimum absolute atomic E-state index is 0.0184. The number of piperazine rings is 2. The number of pyridine rings is 3. The maximum absolute atomic E-state index is 13.9. The SMILES string of the molecule is O=C(c1ccc(N[S+]([O-])c2cccc3c(-c4cc(CN5CCN(C(=O)c6ccc(NS(=O)(=O)c7cccc8cccnc78)cc6)CC5)c(Cl)cn4)ccnc23)cc1)N1CCN(Cc2ccccc2)CC1. The highest BCUT2D eigenvalue weighted by Gasteiger charge is 2.26. The maximum atomic E-state index is 13.9. The number of benzene rings is 5. The number of nitrogens with zero attached hydrogens (tertiary/aromatic N) is 7. The van der Waals surface area contributed by atoms with E-state index in [0.29, 0.717) is 100 Å². The van der Waals surface area contributed by atoms with Crippen molar-refractivity contribution in [2.75, 3.05) is 61.8 Å². The fourth-order valence-electron chi connectivity index (χ4n) is 8.96. The van der Waals surface area contributed by atoms with E-state index in [0.717, 1.165) is 36.1 Å². The highest BCUT2D eigenvalue weighted by molar-refractivity contribution is 7.93. The fourth-order valence-corrected chi connectivity index (χ4v) is 11.4. The van der Waals surface area contributed by atoms with Gasteiger partial charge in [-0.05, 0) is 90.0 Å². The zero-order valence-electron chi connectivity index (χ0n) is 37.9. The van der Waals surface area contributed by atoms with Gasteiger partial charge >= 0.3 is 0 Å². The van der Waals surface area contributed by atoms with Crippen LogP contribution in [-0.4, -0.2) is 112 Å². The van der Waals surface area contributed by atoms with Crippen LogP contribution in [0.15, 0.2) is 168 Å². The highest BCUT2D eigenvalue weighted by Crippen LogP contribution is 2.33.